The monoisotopic (exact) mass is 558 g/mol. The highest BCUT2D eigenvalue weighted by Crippen LogP contribution is 2.22. The molecule has 0 unspecified atom stereocenters. The molecule has 12 heteroatoms. The zero-order chi connectivity index (χ0) is 26.6. The van der Waals surface area contributed by atoms with Crippen molar-refractivity contribution < 1.29 is 21.6 Å². The Hall–Kier alpha value is -3.32. The second kappa shape index (κ2) is 11.0. The average molecular weight is 559 g/mol. The second-order valence-electron chi connectivity index (χ2n) is 8.54. The zero-order valence-corrected chi connectivity index (χ0v) is 22.4. The van der Waals surface area contributed by atoms with E-state index in [-0.39, 0.29) is 20.5 Å². The molecule has 0 atom stereocenters. The number of sulfonamides is 2. The van der Waals surface area contributed by atoms with E-state index < -0.39 is 26.0 Å². The van der Waals surface area contributed by atoms with E-state index in [1.54, 1.807) is 36.4 Å². The van der Waals surface area contributed by atoms with Crippen LogP contribution in [0, 0.1) is 6.92 Å². The molecule has 1 fully saturated rings. The first-order valence-electron chi connectivity index (χ1n) is 11.5. The van der Waals surface area contributed by atoms with Gasteiger partial charge in [0, 0.05) is 30.0 Å². The van der Waals surface area contributed by atoms with Gasteiger partial charge in [-0.05, 0) is 86.6 Å². The number of hydrogen-bond acceptors (Lipinski definition) is 6. The Morgan fingerprint density at radius 1 is 0.838 bits per heavy atom. The minimum atomic E-state index is -3.85. The van der Waals surface area contributed by atoms with E-state index >= 15 is 0 Å². The fraction of sp³-hybridized carbons (Fsp3) is 0.200. The number of nitrogens with zero attached hydrogens (tertiary/aromatic N) is 1. The van der Waals surface area contributed by atoms with Crippen LogP contribution in [0.25, 0.3) is 0 Å². The third-order valence-electron chi connectivity index (χ3n) is 5.75. The predicted octanol–water partition coefficient (Wildman–Crippen LogP) is 3.71. The molecule has 0 radical (unpaired) electrons. The Labute approximate surface area is 222 Å². The third-order valence-corrected chi connectivity index (χ3v) is 9.25. The molecule has 194 valence electrons. The van der Waals surface area contributed by atoms with E-state index in [4.69, 9.17) is 12.2 Å². The topological polar surface area (TPSA) is 125 Å². The van der Waals surface area contributed by atoms with Crippen molar-refractivity contribution in [3.8, 4) is 0 Å². The standard InChI is InChI=1S/C25H26N4O5S3/c1-18-7-11-20(12-8-18)28-36(31,32)23-6-4-5-21(17-23)26-25(35)27-24(30)19-9-13-22(14-10-19)37(33,34)29-15-2-3-16-29/h4-14,17,28H,2-3,15-16H2,1H3,(H2,26,27,30,35). The SMILES string of the molecule is Cc1ccc(NS(=O)(=O)c2cccc(NC(=S)NC(=O)c3ccc(S(=O)(=O)N4CCCC4)cc3)c2)cc1. The van der Waals surface area contributed by atoms with Crippen LogP contribution in [0.4, 0.5) is 11.4 Å². The lowest BCUT2D eigenvalue weighted by atomic mass is 10.2. The Morgan fingerprint density at radius 2 is 1.49 bits per heavy atom. The van der Waals surface area contributed by atoms with Gasteiger partial charge in [0.2, 0.25) is 10.0 Å². The highest BCUT2D eigenvalue weighted by molar-refractivity contribution is 7.92. The van der Waals surface area contributed by atoms with Gasteiger partial charge in [-0.25, -0.2) is 16.8 Å². The maximum Gasteiger partial charge on any atom is 0.261 e. The third kappa shape index (κ3) is 6.52. The fourth-order valence-electron chi connectivity index (χ4n) is 3.77. The molecule has 9 nitrogen and oxygen atoms in total. The molecule has 0 spiro atoms. The lowest BCUT2D eigenvalue weighted by Gasteiger charge is -2.15. The van der Waals surface area contributed by atoms with E-state index in [0.717, 1.165) is 18.4 Å². The Balaban J connectivity index is 1.39. The summed E-state index contributed by atoms with van der Waals surface area (Å²) in [6.07, 6.45) is 1.67. The van der Waals surface area contributed by atoms with Gasteiger partial charge >= 0.3 is 0 Å². The van der Waals surface area contributed by atoms with Crippen molar-refractivity contribution in [2.24, 2.45) is 0 Å². The van der Waals surface area contributed by atoms with Crippen molar-refractivity contribution in [3.63, 3.8) is 0 Å². The summed E-state index contributed by atoms with van der Waals surface area (Å²) >= 11 is 5.21. The zero-order valence-electron chi connectivity index (χ0n) is 20.0. The maximum atomic E-state index is 12.8. The summed E-state index contributed by atoms with van der Waals surface area (Å²) in [6, 6.07) is 18.6. The van der Waals surface area contributed by atoms with Crippen LogP contribution in [0.3, 0.4) is 0 Å². The van der Waals surface area contributed by atoms with Gasteiger partial charge in [0.1, 0.15) is 0 Å². The summed E-state index contributed by atoms with van der Waals surface area (Å²) in [6.45, 7) is 2.90. The summed E-state index contributed by atoms with van der Waals surface area (Å²) < 4.78 is 54.8. The van der Waals surface area contributed by atoms with Gasteiger partial charge in [-0.3, -0.25) is 14.8 Å². The normalized spacial score (nSPS) is 14.2. The van der Waals surface area contributed by atoms with Crippen LogP contribution in [0.15, 0.2) is 82.6 Å². The number of benzene rings is 3. The predicted molar refractivity (Wildman–Crippen MR) is 147 cm³/mol. The number of carbonyl (C=O) groups excluding carboxylic acids is 1. The van der Waals surface area contributed by atoms with Crippen molar-refractivity contribution in [1.82, 2.24) is 9.62 Å². The average Bonchev–Trinajstić information content (AvgIpc) is 3.42. The van der Waals surface area contributed by atoms with Crippen molar-refractivity contribution in [2.45, 2.75) is 29.6 Å². The molecule has 0 aliphatic carbocycles. The summed E-state index contributed by atoms with van der Waals surface area (Å²) in [5.41, 5.74) is 2.03. The Morgan fingerprint density at radius 3 is 2.14 bits per heavy atom. The molecule has 4 rings (SSSR count). The van der Waals surface area contributed by atoms with Gasteiger partial charge in [0.05, 0.1) is 9.79 Å². The van der Waals surface area contributed by atoms with Crippen LogP contribution in [0.5, 0.6) is 0 Å². The van der Waals surface area contributed by atoms with Gasteiger partial charge in [-0.2, -0.15) is 4.31 Å². The largest absolute Gasteiger partial charge is 0.332 e. The number of carbonyl (C=O) groups is 1. The molecule has 3 N–H and O–H groups in total. The molecule has 3 aromatic rings. The van der Waals surface area contributed by atoms with Crippen LogP contribution < -0.4 is 15.4 Å². The number of thiocarbonyl (C=S) groups is 1. The van der Waals surface area contributed by atoms with Crippen LogP contribution in [-0.4, -0.2) is 45.2 Å². The smallest absolute Gasteiger partial charge is 0.261 e. The van der Waals surface area contributed by atoms with Crippen molar-refractivity contribution in [2.75, 3.05) is 23.1 Å². The molecule has 1 aliphatic heterocycles. The number of aryl methyl sites for hydroxylation is 1. The highest BCUT2D eigenvalue weighted by atomic mass is 32.2. The maximum absolute atomic E-state index is 12.8. The van der Waals surface area contributed by atoms with E-state index in [1.165, 1.54) is 40.7 Å². The number of rotatable bonds is 7. The lowest BCUT2D eigenvalue weighted by molar-refractivity contribution is 0.0977. The Bertz CT molecular complexity index is 1520. The van der Waals surface area contributed by atoms with Gasteiger partial charge in [-0.1, -0.05) is 23.8 Å². The second-order valence-corrected chi connectivity index (χ2v) is 12.6. The van der Waals surface area contributed by atoms with E-state index in [0.29, 0.717) is 24.5 Å². The van der Waals surface area contributed by atoms with Crippen LogP contribution in [0.2, 0.25) is 0 Å². The van der Waals surface area contributed by atoms with Crippen molar-refractivity contribution >= 4 is 54.7 Å². The van der Waals surface area contributed by atoms with Crippen LogP contribution >= 0.6 is 12.2 Å². The van der Waals surface area contributed by atoms with E-state index in [1.807, 2.05) is 6.92 Å². The molecule has 1 heterocycles. The fourth-order valence-corrected chi connectivity index (χ4v) is 6.60. The summed E-state index contributed by atoms with van der Waals surface area (Å²) in [7, 11) is -7.42. The van der Waals surface area contributed by atoms with E-state index in [2.05, 4.69) is 15.4 Å². The minimum absolute atomic E-state index is 0.0157. The van der Waals surface area contributed by atoms with Crippen molar-refractivity contribution in [3.05, 3.63) is 83.9 Å². The molecule has 0 bridgehead atoms. The molecule has 3 aromatic carbocycles. The summed E-state index contributed by atoms with van der Waals surface area (Å²) in [4.78, 5) is 12.8. The van der Waals surface area contributed by atoms with Gasteiger partial charge in [-0.15, -0.1) is 0 Å². The van der Waals surface area contributed by atoms with Gasteiger partial charge < -0.3 is 5.32 Å². The molecule has 37 heavy (non-hydrogen) atoms. The molecular formula is C25H26N4O5S3. The number of nitrogens with one attached hydrogen (secondary N) is 3. The molecule has 0 saturated carbocycles. The van der Waals surface area contributed by atoms with Crippen LogP contribution in [0.1, 0.15) is 28.8 Å². The summed E-state index contributed by atoms with van der Waals surface area (Å²) in [5, 5.41) is 5.28. The molecule has 0 aromatic heterocycles. The molecule has 1 saturated heterocycles. The quantitative estimate of drug-likeness (QED) is 0.378. The van der Waals surface area contributed by atoms with Crippen LogP contribution in [-0.2, 0) is 20.0 Å². The first-order valence-corrected chi connectivity index (χ1v) is 14.8. The Kier molecular flexibility index (Phi) is 7.93. The van der Waals surface area contributed by atoms with Crippen molar-refractivity contribution in [1.29, 1.82) is 0 Å². The minimum Gasteiger partial charge on any atom is -0.332 e. The van der Waals surface area contributed by atoms with Gasteiger partial charge in [0.15, 0.2) is 5.11 Å². The first kappa shape index (κ1) is 26.7. The molecular weight excluding hydrogens is 532 g/mol. The van der Waals surface area contributed by atoms with E-state index in [9.17, 15) is 21.6 Å². The molecule has 1 aliphatic rings. The molecule has 1 amide bonds. The first-order chi connectivity index (χ1) is 17.5. The number of amides is 1. The summed E-state index contributed by atoms with van der Waals surface area (Å²) in [5.74, 6) is -0.535. The number of hydrogen-bond donors (Lipinski definition) is 3. The number of anilines is 2. The lowest BCUT2D eigenvalue weighted by Crippen LogP contribution is -2.34. The van der Waals surface area contributed by atoms with Gasteiger partial charge in [0.25, 0.3) is 15.9 Å². The highest BCUT2D eigenvalue weighted by Gasteiger charge is 2.27.